The molecule has 4 aromatic rings. The molecule has 0 amide bonds. The normalized spacial score (nSPS) is 15.9. The molecule has 2 aromatic carbocycles. The van der Waals surface area contributed by atoms with E-state index < -0.39 is 0 Å². The summed E-state index contributed by atoms with van der Waals surface area (Å²) in [7, 11) is 0. The molecule has 0 aliphatic carbocycles. The fourth-order valence-corrected chi connectivity index (χ4v) is 5.32. The Balaban J connectivity index is 1.56. The second kappa shape index (κ2) is 9.74. The third-order valence-corrected chi connectivity index (χ3v) is 7.40. The molecular formula is C29H37N7O. The van der Waals surface area contributed by atoms with E-state index in [9.17, 15) is 4.79 Å². The molecule has 37 heavy (non-hydrogen) atoms. The number of aromatic nitrogens is 5. The highest BCUT2D eigenvalue weighted by molar-refractivity contribution is 5.80. The first kappa shape index (κ1) is 25.1. The molecule has 0 saturated carbocycles. The van der Waals surface area contributed by atoms with Crippen LogP contribution in [-0.4, -0.2) is 56.3 Å². The molecule has 1 aliphatic heterocycles. The third kappa shape index (κ3) is 4.90. The molecular weight excluding hydrogens is 462 g/mol. The zero-order chi connectivity index (χ0) is 26.3. The zero-order valence-corrected chi connectivity index (χ0v) is 22.7. The Morgan fingerprint density at radius 3 is 2.46 bits per heavy atom. The minimum atomic E-state index is -0.353. The number of H-pyrrole nitrogens is 1. The van der Waals surface area contributed by atoms with E-state index in [1.54, 1.807) is 0 Å². The van der Waals surface area contributed by atoms with Gasteiger partial charge in [-0.25, -0.2) is 4.68 Å². The standard InChI is InChI=1S/C29H37N7O/c1-7-21-10-11-24-22(17-21)18-23(28(37)30-24)26(27-31-32-33-36(27)29(4,5)6)35-14-12-34(13-15-35)25-16-19(2)8-9-20(25)3/h8-11,16-18,26H,7,12-15H2,1-6H3,(H,30,37). The van der Waals surface area contributed by atoms with E-state index >= 15 is 0 Å². The number of rotatable bonds is 5. The summed E-state index contributed by atoms with van der Waals surface area (Å²) >= 11 is 0. The second-order valence-electron chi connectivity index (χ2n) is 11.2. The molecule has 0 radical (unpaired) electrons. The number of fused-ring (bicyclic) bond motifs is 1. The number of hydrogen-bond acceptors (Lipinski definition) is 6. The predicted molar refractivity (Wildman–Crippen MR) is 148 cm³/mol. The lowest BCUT2D eigenvalue weighted by atomic mass is 10.00. The maximum Gasteiger partial charge on any atom is 0.253 e. The summed E-state index contributed by atoms with van der Waals surface area (Å²) in [6.45, 7) is 16.0. The van der Waals surface area contributed by atoms with Crippen molar-refractivity contribution in [3.05, 3.63) is 80.9 Å². The quantitative estimate of drug-likeness (QED) is 0.439. The van der Waals surface area contributed by atoms with Gasteiger partial charge in [0.15, 0.2) is 5.82 Å². The Bertz CT molecular complexity index is 1470. The van der Waals surface area contributed by atoms with Crippen LogP contribution in [0.3, 0.4) is 0 Å². The van der Waals surface area contributed by atoms with Gasteiger partial charge in [-0.3, -0.25) is 9.69 Å². The average molecular weight is 500 g/mol. The van der Waals surface area contributed by atoms with E-state index in [0.29, 0.717) is 11.4 Å². The van der Waals surface area contributed by atoms with Crippen LogP contribution in [0.5, 0.6) is 0 Å². The molecule has 1 N–H and O–H groups in total. The van der Waals surface area contributed by atoms with Gasteiger partial charge in [-0.1, -0.05) is 25.1 Å². The third-order valence-electron chi connectivity index (χ3n) is 7.40. The van der Waals surface area contributed by atoms with Crippen LogP contribution >= 0.6 is 0 Å². The van der Waals surface area contributed by atoms with Crippen LogP contribution in [0.1, 0.15) is 61.8 Å². The molecule has 8 nitrogen and oxygen atoms in total. The number of nitrogens with zero attached hydrogens (tertiary/aromatic N) is 6. The zero-order valence-electron chi connectivity index (χ0n) is 22.7. The largest absolute Gasteiger partial charge is 0.369 e. The number of hydrogen-bond donors (Lipinski definition) is 1. The highest BCUT2D eigenvalue weighted by Gasteiger charge is 2.35. The fourth-order valence-electron chi connectivity index (χ4n) is 5.32. The van der Waals surface area contributed by atoms with Crippen molar-refractivity contribution in [1.29, 1.82) is 0 Å². The fraction of sp³-hybridized carbons (Fsp3) is 0.448. The SMILES string of the molecule is CCc1ccc2[nH]c(=O)c(C(c3nnnn3C(C)(C)C)N3CCN(c4cc(C)ccc4C)CC3)cc2c1. The number of aryl methyl sites for hydroxylation is 3. The van der Waals surface area contributed by atoms with Crippen molar-refractivity contribution in [3.8, 4) is 0 Å². The number of aromatic amines is 1. The summed E-state index contributed by atoms with van der Waals surface area (Å²) in [6, 6.07) is 14.5. The van der Waals surface area contributed by atoms with E-state index in [-0.39, 0.29) is 17.1 Å². The van der Waals surface area contributed by atoms with Crippen LogP contribution in [0.4, 0.5) is 5.69 Å². The molecule has 0 bridgehead atoms. The van der Waals surface area contributed by atoms with Crippen molar-refractivity contribution >= 4 is 16.6 Å². The minimum absolute atomic E-state index is 0.0952. The smallest absolute Gasteiger partial charge is 0.253 e. The summed E-state index contributed by atoms with van der Waals surface area (Å²) in [5, 5.41) is 13.9. The number of nitrogens with one attached hydrogen (secondary N) is 1. The molecule has 194 valence electrons. The van der Waals surface area contributed by atoms with Gasteiger partial charge in [0.25, 0.3) is 5.56 Å². The van der Waals surface area contributed by atoms with Crippen molar-refractivity contribution in [2.24, 2.45) is 0 Å². The van der Waals surface area contributed by atoms with Gasteiger partial charge in [-0.15, -0.1) is 5.10 Å². The molecule has 1 saturated heterocycles. The van der Waals surface area contributed by atoms with Crippen LogP contribution < -0.4 is 10.5 Å². The lowest BCUT2D eigenvalue weighted by molar-refractivity contribution is 0.190. The van der Waals surface area contributed by atoms with Crippen LogP contribution in [-0.2, 0) is 12.0 Å². The van der Waals surface area contributed by atoms with Gasteiger partial charge in [0, 0.05) is 42.9 Å². The number of benzene rings is 2. The lowest BCUT2D eigenvalue weighted by Crippen LogP contribution is -2.49. The highest BCUT2D eigenvalue weighted by atomic mass is 16.1. The predicted octanol–water partition coefficient (Wildman–Crippen LogP) is 4.36. The molecule has 1 fully saturated rings. The summed E-state index contributed by atoms with van der Waals surface area (Å²) in [4.78, 5) is 21.5. The Morgan fingerprint density at radius 1 is 1.00 bits per heavy atom. The van der Waals surface area contributed by atoms with Gasteiger partial charge < -0.3 is 9.88 Å². The average Bonchev–Trinajstić information content (AvgIpc) is 3.36. The van der Waals surface area contributed by atoms with Gasteiger partial charge in [-0.05, 0) is 97.8 Å². The molecule has 1 aliphatic rings. The van der Waals surface area contributed by atoms with Crippen molar-refractivity contribution < 1.29 is 0 Å². The number of pyridine rings is 1. The monoisotopic (exact) mass is 499 g/mol. The van der Waals surface area contributed by atoms with Gasteiger partial charge in [0.1, 0.15) is 6.04 Å². The summed E-state index contributed by atoms with van der Waals surface area (Å²) in [5.74, 6) is 0.698. The Morgan fingerprint density at radius 2 is 1.76 bits per heavy atom. The molecule has 3 heterocycles. The minimum Gasteiger partial charge on any atom is -0.369 e. The maximum atomic E-state index is 13.5. The molecule has 1 atom stereocenters. The first-order valence-corrected chi connectivity index (χ1v) is 13.2. The molecule has 2 aromatic heterocycles. The Labute approximate surface area is 218 Å². The van der Waals surface area contributed by atoms with E-state index in [4.69, 9.17) is 0 Å². The second-order valence-corrected chi connectivity index (χ2v) is 11.2. The Hall–Kier alpha value is -3.52. The number of tetrazole rings is 1. The van der Waals surface area contributed by atoms with Crippen LogP contribution in [0, 0.1) is 13.8 Å². The van der Waals surface area contributed by atoms with Gasteiger partial charge in [-0.2, -0.15) is 0 Å². The molecule has 8 heteroatoms. The maximum absolute atomic E-state index is 13.5. The molecule has 1 unspecified atom stereocenters. The van der Waals surface area contributed by atoms with Crippen molar-refractivity contribution in [1.82, 2.24) is 30.1 Å². The van der Waals surface area contributed by atoms with E-state index in [2.05, 4.69) is 102 Å². The molecule has 0 spiro atoms. The van der Waals surface area contributed by atoms with Gasteiger partial charge in [0.05, 0.1) is 5.54 Å². The van der Waals surface area contributed by atoms with Crippen molar-refractivity contribution in [2.75, 3.05) is 31.1 Å². The highest BCUT2D eigenvalue weighted by Crippen LogP contribution is 2.31. The van der Waals surface area contributed by atoms with E-state index in [1.807, 2.05) is 16.8 Å². The first-order valence-electron chi connectivity index (χ1n) is 13.2. The number of anilines is 1. The van der Waals surface area contributed by atoms with E-state index in [1.165, 1.54) is 22.4 Å². The van der Waals surface area contributed by atoms with Gasteiger partial charge >= 0.3 is 0 Å². The van der Waals surface area contributed by atoms with Crippen LogP contribution in [0.25, 0.3) is 10.9 Å². The summed E-state index contributed by atoms with van der Waals surface area (Å²) in [5.41, 5.74) is 6.18. The van der Waals surface area contributed by atoms with Crippen LogP contribution in [0.2, 0.25) is 0 Å². The Kier molecular flexibility index (Phi) is 6.62. The lowest BCUT2D eigenvalue weighted by Gasteiger charge is -2.40. The topological polar surface area (TPSA) is 82.9 Å². The molecule has 5 rings (SSSR count). The van der Waals surface area contributed by atoms with Gasteiger partial charge in [0.2, 0.25) is 0 Å². The van der Waals surface area contributed by atoms with E-state index in [0.717, 1.165) is 43.5 Å². The number of piperazine rings is 1. The first-order chi connectivity index (χ1) is 17.7. The summed E-state index contributed by atoms with van der Waals surface area (Å²) in [6.07, 6.45) is 0.941. The van der Waals surface area contributed by atoms with Crippen LogP contribution in [0.15, 0.2) is 47.3 Å². The van der Waals surface area contributed by atoms with Crippen molar-refractivity contribution in [3.63, 3.8) is 0 Å². The summed E-state index contributed by atoms with van der Waals surface area (Å²) < 4.78 is 1.86. The van der Waals surface area contributed by atoms with Crippen molar-refractivity contribution in [2.45, 2.75) is 59.5 Å².